The van der Waals surface area contributed by atoms with Crippen molar-refractivity contribution in [3.05, 3.63) is 65.8 Å². The van der Waals surface area contributed by atoms with Crippen LogP contribution in [0.25, 0.3) is 11.1 Å². The fourth-order valence-corrected chi connectivity index (χ4v) is 2.52. The van der Waals surface area contributed by atoms with Crippen LogP contribution in [-0.4, -0.2) is 16.2 Å². The maximum absolute atomic E-state index is 5.93. The van der Waals surface area contributed by atoms with Crippen molar-refractivity contribution >= 4 is 34.9 Å². The molecule has 3 aromatic rings. The number of aromatic nitrogens is 2. The van der Waals surface area contributed by atoms with Crippen molar-refractivity contribution < 1.29 is 0 Å². The summed E-state index contributed by atoms with van der Waals surface area (Å²) < 4.78 is 0. The molecule has 0 radical (unpaired) electrons. The summed E-state index contributed by atoms with van der Waals surface area (Å²) in [6, 6.07) is 17.6. The Labute approximate surface area is 138 Å². The molecule has 1 N–H and O–H groups in total. The molecule has 0 aliphatic rings. The van der Waals surface area contributed by atoms with Crippen LogP contribution in [0.2, 0.25) is 5.02 Å². The highest BCUT2D eigenvalue weighted by atomic mass is 35.5. The van der Waals surface area contributed by atoms with E-state index in [4.69, 9.17) is 11.6 Å². The molecule has 0 aliphatic carbocycles. The van der Waals surface area contributed by atoms with Gasteiger partial charge in [-0.1, -0.05) is 53.7 Å². The van der Waals surface area contributed by atoms with Crippen molar-refractivity contribution in [2.45, 2.75) is 5.16 Å². The van der Waals surface area contributed by atoms with Crippen LogP contribution in [-0.2, 0) is 0 Å². The number of nitrogens with zero attached hydrogens (tertiary/aromatic N) is 2. The first-order valence-corrected chi connectivity index (χ1v) is 8.35. The number of hydrogen-bond donors (Lipinski definition) is 1. The highest BCUT2D eigenvalue weighted by molar-refractivity contribution is 7.98. The molecule has 0 fully saturated rings. The zero-order chi connectivity index (χ0) is 15.4. The molecule has 5 heteroatoms. The van der Waals surface area contributed by atoms with Crippen LogP contribution in [0, 0.1) is 0 Å². The van der Waals surface area contributed by atoms with Crippen LogP contribution in [0.1, 0.15) is 0 Å². The smallest absolute Gasteiger partial charge is 0.189 e. The summed E-state index contributed by atoms with van der Waals surface area (Å²) in [6.07, 6.45) is 3.82. The second kappa shape index (κ2) is 6.81. The van der Waals surface area contributed by atoms with Gasteiger partial charge in [0.2, 0.25) is 0 Å². The first-order chi connectivity index (χ1) is 10.8. The van der Waals surface area contributed by atoms with Gasteiger partial charge in [0.1, 0.15) is 5.82 Å². The Morgan fingerprint density at radius 2 is 1.73 bits per heavy atom. The normalized spacial score (nSPS) is 10.5. The van der Waals surface area contributed by atoms with Crippen LogP contribution in [0.4, 0.5) is 11.5 Å². The zero-order valence-corrected chi connectivity index (χ0v) is 13.5. The van der Waals surface area contributed by atoms with E-state index in [9.17, 15) is 0 Å². The maximum atomic E-state index is 5.93. The molecule has 1 heterocycles. The summed E-state index contributed by atoms with van der Waals surface area (Å²) in [5, 5.41) is 4.79. The van der Waals surface area contributed by atoms with Crippen LogP contribution in [0.3, 0.4) is 0 Å². The first-order valence-electron chi connectivity index (χ1n) is 6.75. The Hall–Kier alpha value is -2.04. The molecule has 0 amide bonds. The average Bonchev–Trinajstić information content (AvgIpc) is 2.57. The number of anilines is 2. The quantitative estimate of drug-likeness (QED) is 0.523. The minimum Gasteiger partial charge on any atom is -0.340 e. The molecule has 0 atom stereocenters. The standard InChI is InChI=1S/C17H14ClN3S/c1-22-17-19-11-15(12-5-3-2-4-6-12)16(21-17)20-14-9-7-13(18)8-10-14/h2-11H,1H3,(H,19,20,21). The van der Waals surface area contributed by atoms with E-state index in [0.29, 0.717) is 5.02 Å². The molecular formula is C17H14ClN3S. The SMILES string of the molecule is CSc1ncc(-c2ccccc2)c(Nc2ccc(Cl)cc2)n1. The minimum atomic E-state index is 0.710. The summed E-state index contributed by atoms with van der Waals surface area (Å²) in [4.78, 5) is 8.97. The van der Waals surface area contributed by atoms with E-state index in [1.54, 1.807) is 0 Å². The average molecular weight is 328 g/mol. The molecule has 3 nitrogen and oxygen atoms in total. The molecule has 0 aliphatic heterocycles. The Morgan fingerprint density at radius 3 is 2.41 bits per heavy atom. The molecule has 1 aromatic heterocycles. The van der Waals surface area contributed by atoms with Gasteiger partial charge in [0.05, 0.1) is 0 Å². The number of thioether (sulfide) groups is 1. The van der Waals surface area contributed by atoms with Crippen molar-refractivity contribution in [3.63, 3.8) is 0 Å². The topological polar surface area (TPSA) is 37.8 Å². The number of halogens is 1. The minimum absolute atomic E-state index is 0.710. The van der Waals surface area contributed by atoms with Crippen molar-refractivity contribution in [2.24, 2.45) is 0 Å². The Bertz CT molecular complexity index is 761. The Kier molecular flexibility index (Phi) is 4.61. The van der Waals surface area contributed by atoms with Gasteiger partial charge in [-0.15, -0.1) is 0 Å². The molecular weight excluding hydrogens is 314 g/mol. The monoisotopic (exact) mass is 327 g/mol. The number of nitrogens with one attached hydrogen (secondary N) is 1. The van der Waals surface area contributed by atoms with Crippen LogP contribution < -0.4 is 5.32 Å². The van der Waals surface area contributed by atoms with E-state index in [1.807, 2.05) is 67.0 Å². The second-order valence-electron chi connectivity index (χ2n) is 4.62. The van der Waals surface area contributed by atoms with Gasteiger partial charge in [-0.05, 0) is 36.1 Å². The predicted molar refractivity (Wildman–Crippen MR) is 94.0 cm³/mol. The van der Waals surface area contributed by atoms with Gasteiger partial charge in [-0.3, -0.25) is 0 Å². The lowest BCUT2D eigenvalue weighted by atomic mass is 10.1. The van der Waals surface area contributed by atoms with Gasteiger partial charge in [0, 0.05) is 22.5 Å². The maximum Gasteiger partial charge on any atom is 0.189 e. The van der Waals surface area contributed by atoms with Crippen LogP contribution in [0.15, 0.2) is 66.0 Å². The fourth-order valence-electron chi connectivity index (χ4n) is 2.06. The third kappa shape index (κ3) is 3.40. The van der Waals surface area contributed by atoms with Crippen LogP contribution in [0.5, 0.6) is 0 Å². The van der Waals surface area contributed by atoms with E-state index < -0.39 is 0 Å². The van der Waals surface area contributed by atoms with Crippen molar-refractivity contribution in [1.29, 1.82) is 0 Å². The molecule has 22 heavy (non-hydrogen) atoms. The molecule has 0 spiro atoms. The van der Waals surface area contributed by atoms with Gasteiger partial charge >= 0.3 is 0 Å². The number of benzene rings is 2. The van der Waals surface area contributed by atoms with E-state index >= 15 is 0 Å². The molecule has 110 valence electrons. The number of rotatable bonds is 4. The fraction of sp³-hybridized carbons (Fsp3) is 0.0588. The third-order valence-electron chi connectivity index (χ3n) is 3.14. The van der Waals surface area contributed by atoms with E-state index in [2.05, 4.69) is 15.3 Å². The predicted octanol–water partition coefficient (Wildman–Crippen LogP) is 5.26. The second-order valence-corrected chi connectivity index (χ2v) is 5.83. The van der Waals surface area contributed by atoms with Gasteiger partial charge in [0.25, 0.3) is 0 Å². The summed E-state index contributed by atoms with van der Waals surface area (Å²) in [5.41, 5.74) is 2.98. The summed E-state index contributed by atoms with van der Waals surface area (Å²) in [6.45, 7) is 0. The largest absolute Gasteiger partial charge is 0.340 e. The molecule has 0 bridgehead atoms. The molecule has 0 saturated carbocycles. The Morgan fingerprint density at radius 1 is 1.00 bits per heavy atom. The van der Waals surface area contributed by atoms with Gasteiger partial charge in [-0.2, -0.15) is 0 Å². The lowest BCUT2D eigenvalue weighted by Gasteiger charge is -2.12. The van der Waals surface area contributed by atoms with Gasteiger partial charge in [0.15, 0.2) is 5.16 Å². The summed E-state index contributed by atoms with van der Waals surface area (Å²) in [5.74, 6) is 0.785. The molecule has 0 unspecified atom stereocenters. The highest BCUT2D eigenvalue weighted by Gasteiger charge is 2.09. The first kappa shape index (κ1) is 14.9. The molecule has 3 rings (SSSR count). The van der Waals surface area contributed by atoms with E-state index in [-0.39, 0.29) is 0 Å². The summed E-state index contributed by atoms with van der Waals surface area (Å²) >= 11 is 7.45. The van der Waals surface area contributed by atoms with Gasteiger partial charge < -0.3 is 5.32 Å². The van der Waals surface area contributed by atoms with Gasteiger partial charge in [-0.25, -0.2) is 9.97 Å². The van der Waals surface area contributed by atoms with Crippen LogP contribution >= 0.6 is 23.4 Å². The van der Waals surface area contributed by atoms with E-state index in [1.165, 1.54) is 11.8 Å². The highest BCUT2D eigenvalue weighted by Crippen LogP contribution is 2.29. The van der Waals surface area contributed by atoms with Crippen molar-refractivity contribution in [3.8, 4) is 11.1 Å². The van der Waals surface area contributed by atoms with E-state index in [0.717, 1.165) is 27.8 Å². The lowest BCUT2D eigenvalue weighted by molar-refractivity contribution is 0.978. The molecule has 0 saturated heterocycles. The third-order valence-corrected chi connectivity index (χ3v) is 3.95. The summed E-state index contributed by atoms with van der Waals surface area (Å²) in [7, 11) is 0. The lowest BCUT2D eigenvalue weighted by Crippen LogP contribution is -1.99. The van der Waals surface area contributed by atoms with Crippen molar-refractivity contribution in [1.82, 2.24) is 9.97 Å². The zero-order valence-electron chi connectivity index (χ0n) is 12.0. The Balaban J connectivity index is 2.02. The van der Waals surface area contributed by atoms with Crippen molar-refractivity contribution in [2.75, 3.05) is 11.6 Å². The molecule has 2 aromatic carbocycles. The number of hydrogen-bond acceptors (Lipinski definition) is 4.